The molecule has 0 aliphatic heterocycles. The number of carbonyl (C=O) groups is 1. The van der Waals surface area contributed by atoms with Crippen LogP contribution in [0.15, 0.2) is 52.2 Å². The highest BCUT2D eigenvalue weighted by atomic mass is 32.2. The lowest BCUT2D eigenvalue weighted by atomic mass is 10.3. The zero-order valence-corrected chi connectivity index (χ0v) is 13.7. The molecular weight excluding hydrogens is 331 g/mol. The van der Waals surface area contributed by atoms with Crippen molar-refractivity contribution in [2.24, 2.45) is 0 Å². The summed E-state index contributed by atoms with van der Waals surface area (Å²) in [5.41, 5.74) is 0.425. The molecule has 3 rings (SSSR count). The Morgan fingerprint density at radius 2 is 2.21 bits per heavy atom. The quantitative estimate of drug-likeness (QED) is 0.692. The Balaban J connectivity index is 1.65. The van der Waals surface area contributed by atoms with Gasteiger partial charge in [-0.1, -0.05) is 17.8 Å². The van der Waals surface area contributed by atoms with E-state index in [-0.39, 0.29) is 11.7 Å². The van der Waals surface area contributed by atoms with Crippen LogP contribution in [0.2, 0.25) is 0 Å². The minimum absolute atomic E-state index is 0.146. The normalized spacial score (nSPS) is 10.8. The molecule has 0 aliphatic carbocycles. The van der Waals surface area contributed by atoms with Gasteiger partial charge in [0.1, 0.15) is 5.82 Å². The first kappa shape index (κ1) is 16.3. The molecule has 0 saturated heterocycles. The number of furan rings is 1. The van der Waals surface area contributed by atoms with Gasteiger partial charge < -0.3 is 9.73 Å². The van der Waals surface area contributed by atoms with Crippen molar-refractivity contribution in [1.29, 1.82) is 0 Å². The van der Waals surface area contributed by atoms with E-state index in [0.29, 0.717) is 29.0 Å². The number of benzene rings is 1. The molecule has 6 nitrogen and oxygen atoms in total. The molecule has 0 atom stereocenters. The summed E-state index contributed by atoms with van der Waals surface area (Å²) in [5, 5.41) is 11.5. The third-order valence-corrected chi connectivity index (χ3v) is 4.18. The molecule has 1 N–H and O–H groups in total. The average Bonchev–Trinajstić information content (AvgIpc) is 3.21. The molecule has 0 bridgehead atoms. The van der Waals surface area contributed by atoms with Gasteiger partial charge in [0.2, 0.25) is 5.91 Å². The number of nitrogens with zero attached hydrogens (tertiary/aromatic N) is 3. The number of hydrogen-bond acceptors (Lipinski definition) is 5. The van der Waals surface area contributed by atoms with Gasteiger partial charge in [-0.15, -0.1) is 10.2 Å². The highest BCUT2D eigenvalue weighted by molar-refractivity contribution is 7.99. The number of halogens is 1. The van der Waals surface area contributed by atoms with Crippen molar-refractivity contribution in [2.75, 3.05) is 11.1 Å². The maximum absolute atomic E-state index is 13.1. The van der Waals surface area contributed by atoms with Crippen molar-refractivity contribution in [3.8, 4) is 11.6 Å². The minimum atomic E-state index is -0.394. The van der Waals surface area contributed by atoms with E-state index < -0.39 is 5.82 Å². The van der Waals surface area contributed by atoms with Gasteiger partial charge in [0.05, 0.1) is 12.0 Å². The largest absolute Gasteiger partial charge is 0.461 e. The Morgan fingerprint density at radius 3 is 2.92 bits per heavy atom. The molecule has 1 aromatic carbocycles. The van der Waals surface area contributed by atoms with E-state index in [1.165, 1.54) is 23.9 Å². The fraction of sp³-hybridized carbons (Fsp3) is 0.188. The summed E-state index contributed by atoms with van der Waals surface area (Å²) in [4.78, 5) is 12.0. The van der Waals surface area contributed by atoms with Crippen LogP contribution in [0.5, 0.6) is 0 Å². The number of carbonyl (C=O) groups excluding carboxylic acids is 1. The molecule has 1 amide bonds. The van der Waals surface area contributed by atoms with Gasteiger partial charge in [-0.2, -0.15) is 0 Å². The van der Waals surface area contributed by atoms with Gasteiger partial charge in [-0.25, -0.2) is 4.39 Å². The van der Waals surface area contributed by atoms with Crippen LogP contribution in [0.4, 0.5) is 10.1 Å². The van der Waals surface area contributed by atoms with E-state index in [9.17, 15) is 9.18 Å². The lowest BCUT2D eigenvalue weighted by Gasteiger charge is -2.07. The van der Waals surface area contributed by atoms with Crippen LogP contribution >= 0.6 is 11.8 Å². The molecule has 0 radical (unpaired) electrons. The third-order valence-electron chi connectivity index (χ3n) is 3.22. The SMILES string of the molecule is CCn1c(SCC(=O)Nc2cccc(F)c2)nnc1-c1ccco1. The summed E-state index contributed by atoms with van der Waals surface area (Å²) in [6, 6.07) is 9.36. The summed E-state index contributed by atoms with van der Waals surface area (Å²) >= 11 is 1.26. The van der Waals surface area contributed by atoms with Gasteiger partial charge in [-0.3, -0.25) is 9.36 Å². The molecule has 0 unspecified atom stereocenters. The van der Waals surface area contributed by atoms with E-state index >= 15 is 0 Å². The summed E-state index contributed by atoms with van der Waals surface area (Å²) in [5.74, 6) is 0.758. The maximum Gasteiger partial charge on any atom is 0.234 e. The molecule has 0 spiro atoms. The standard InChI is InChI=1S/C16H15FN4O2S/c1-2-21-15(13-7-4-8-23-13)19-20-16(21)24-10-14(22)18-12-6-3-5-11(17)9-12/h3-9H,2,10H2,1H3,(H,18,22). The summed E-state index contributed by atoms with van der Waals surface area (Å²) in [6.45, 7) is 2.61. The van der Waals surface area contributed by atoms with Crippen LogP contribution in [-0.2, 0) is 11.3 Å². The number of thioether (sulfide) groups is 1. The molecule has 2 heterocycles. The predicted octanol–water partition coefficient (Wildman–Crippen LogP) is 3.43. The van der Waals surface area contributed by atoms with Gasteiger partial charge in [0.15, 0.2) is 16.7 Å². The van der Waals surface area contributed by atoms with Crippen molar-refractivity contribution >= 4 is 23.4 Å². The molecule has 124 valence electrons. The van der Waals surface area contributed by atoms with Gasteiger partial charge in [-0.05, 0) is 37.3 Å². The van der Waals surface area contributed by atoms with Gasteiger partial charge in [0, 0.05) is 12.2 Å². The monoisotopic (exact) mass is 346 g/mol. The van der Waals surface area contributed by atoms with E-state index in [0.717, 1.165) is 0 Å². The predicted molar refractivity (Wildman–Crippen MR) is 89.2 cm³/mol. The van der Waals surface area contributed by atoms with Crippen molar-refractivity contribution in [1.82, 2.24) is 14.8 Å². The summed E-state index contributed by atoms with van der Waals surface area (Å²) < 4.78 is 20.3. The van der Waals surface area contributed by atoms with Crippen LogP contribution in [0.1, 0.15) is 6.92 Å². The second-order valence-corrected chi connectivity index (χ2v) is 5.82. The number of aromatic nitrogens is 3. The molecule has 0 aliphatic rings. The molecular formula is C16H15FN4O2S. The zero-order valence-electron chi connectivity index (χ0n) is 12.9. The number of amides is 1. The fourth-order valence-electron chi connectivity index (χ4n) is 2.16. The van der Waals surface area contributed by atoms with Crippen molar-refractivity contribution < 1.29 is 13.6 Å². The van der Waals surface area contributed by atoms with Crippen LogP contribution < -0.4 is 5.32 Å². The molecule has 24 heavy (non-hydrogen) atoms. The summed E-state index contributed by atoms with van der Waals surface area (Å²) in [7, 11) is 0. The molecule has 2 aromatic heterocycles. The van der Waals surface area contributed by atoms with Gasteiger partial charge >= 0.3 is 0 Å². The summed E-state index contributed by atoms with van der Waals surface area (Å²) in [6.07, 6.45) is 1.57. The van der Waals surface area contributed by atoms with E-state index in [2.05, 4.69) is 15.5 Å². The Labute approximate surface area is 142 Å². The third kappa shape index (κ3) is 3.65. The number of hydrogen-bond donors (Lipinski definition) is 1. The second kappa shape index (κ2) is 7.31. The van der Waals surface area contributed by atoms with Crippen LogP contribution in [0.25, 0.3) is 11.6 Å². The van der Waals surface area contributed by atoms with Crippen LogP contribution in [-0.4, -0.2) is 26.4 Å². The Morgan fingerprint density at radius 1 is 1.33 bits per heavy atom. The Bertz CT molecular complexity index is 832. The smallest absolute Gasteiger partial charge is 0.234 e. The molecule has 8 heteroatoms. The van der Waals surface area contributed by atoms with Crippen LogP contribution in [0.3, 0.4) is 0 Å². The first-order valence-corrected chi connectivity index (χ1v) is 8.31. The zero-order chi connectivity index (χ0) is 16.9. The topological polar surface area (TPSA) is 73.0 Å². The number of anilines is 1. The molecule has 3 aromatic rings. The lowest BCUT2D eigenvalue weighted by Crippen LogP contribution is -2.14. The highest BCUT2D eigenvalue weighted by Crippen LogP contribution is 2.24. The van der Waals surface area contributed by atoms with E-state index in [4.69, 9.17) is 4.42 Å². The second-order valence-electron chi connectivity index (χ2n) is 4.87. The first-order chi connectivity index (χ1) is 11.7. The minimum Gasteiger partial charge on any atom is -0.461 e. The lowest BCUT2D eigenvalue weighted by molar-refractivity contribution is -0.113. The molecule has 0 fully saturated rings. The fourth-order valence-corrected chi connectivity index (χ4v) is 2.96. The Hall–Kier alpha value is -2.61. The Kier molecular flexibility index (Phi) is 4.95. The van der Waals surface area contributed by atoms with Crippen LogP contribution in [0, 0.1) is 5.82 Å². The van der Waals surface area contributed by atoms with Crippen molar-refractivity contribution in [3.63, 3.8) is 0 Å². The first-order valence-electron chi connectivity index (χ1n) is 7.32. The highest BCUT2D eigenvalue weighted by Gasteiger charge is 2.16. The van der Waals surface area contributed by atoms with Gasteiger partial charge in [0.25, 0.3) is 0 Å². The van der Waals surface area contributed by atoms with Crippen molar-refractivity contribution in [3.05, 3.63) is 48.5 Å². The average molecular weight is 346 g/mol. The van der Waals surface area contributed by atoms with E-state index in [1.807, 2.05) is 11.5 Å². The number of nitrogens with one attached hydrogen (secondary N) is 1. The van der Waals surface area contributed by atoms with Crippen molar-refractivity contribution in [2.45, 2.75) is 18.6 Å². The van der Waals surface area contributed by atoms with E-state index in [1.54, 1.807) is 30.5 Å². The maximum atomic E-state index is 13.1. The molecule has 0 saturated carbocycles. The number of rotatable bonds is 6.